The van der Waals surface area contributed by atoms with Crippen molar-refractivity contribution in [3.8, 4) is 0 Å². The second-order valence-corrected chi connectivity index (χ2v) is 6.71. The molecule has 1 aromatic heterocycles. The number of rotatable bonds is 6. The van der Waals surface area contributed by atoms with E-state index in [1.54, 1.807) is 12.1 Å². The molecule has 5 nitrogen and oxygen atoms in total. The maximum absolute atomic E-state index is 12.2. The Kier molecular flexibility index (Phi) is 4.80. The molecular formula is C15H20N2O3S. The number of benzene rings is 1. The molecule has 0 aliphatic carbocycles. The molecule has 1 N–H and O–H groups in total. The van der Waals surface area contributed by atoms with Gasteiger partial charge in [-0.1, -0.05) is 24.2 Å². The van der Waals surface area contributed by atoms with Gasteiger partial charge in [-0.3, -0.25) is 0 Å². The van der Waals surface area contributed by atoms with Crippen LogP contribution in [0.3, 0.4) is 0 Å². The minimum atomic E-state index is -3.47. The van der Waals surface area contributed by atoms with Gasteiger partial charge in [-0.2, -0.15) is 0 Å². The standard InChI is InChI=1S/C15H20N2O3S/c1-4-13-5-7-14(8-6-13)21(18,19)16-10-9-15-11(2)17-20-12(15)3/h5-8,16H,4,9-10H2,1-3H3. The van der Waals surface area contributed by atoms with Crippen molar-refractivity contribution >= 4 is 10.0 Å². The van der Waals surface area contributed by atoms with Gasteiger partial charge in [-0.15, -0.1) is 0 Å². The van der Waals surface area contributed by atoms with Gasteiger partial charge in [0.05, 0.1) is 10.6 Å². The molecule has 0 radical (unpaired) electrons. The molecule has 0 unspecified atom stereocenters. The molecule has 1 aromatic carbocycles. The van der Waals surface area contributed by atoms with Crippen LogP contribution in [0.2, 0.25) is 0 Å². The molecule has 0 bridgehead atoms. The van der Waals surface area contributed by atoms with E-state index >= 15 is 0 Å². The zero-order chi connectivity index (χ0) is 15.5. The lowest BCUT2D eigenvalue weighted by Crippen LogP contribution is -2.26. The van der Waals surface area contributed by atoms with Crippen LogP contribution >= 0.6 is 0 Å². The lowest BCUT2D eigenvalue weighted by atomic mass is 10.1. The number of sulfonamides is 1. The summed E-state index contributed by atoms with van der Waals surface area (Å²) in [5, 5.41) is 3.86. The first-order valence-electron chi connectivity index (χ1n) is 6.94. The third kappa shape index (κ3) is 3.71. The van der Waals surface area contributed by atoms with Gasteiger partial charge in [0.2, 0.25) is 10.0 Å². The monoisotopic (exact) mass is 308 g/mol. The summed E-state index contributed by atoms with van der Waals surface area (Å²) in [7, 11) is -3.47. The van der Waals surface area contributed by atoms with Crippen LogP contribution in [0.4, 0.5) is 0 Å². The molecule has 0 atom stereocenters. The highest BCUT2D eigenvalue weighted by Gasteiger charge is 2.15. The SMILES string of the molecule is CCc1ccc(S(=O)(=O)NCCc2c(C)noc2C)cc1. The van der Waals surface area contributed by atoms with Crippen LogP contribution in [0.5, 0.6) is 0 Å². The predicted molar refractivity (Wildman–Crippen MR) is 80.7 cm³/mol. The molecule has 0 amide bonds. The smallest absolute Gasteiger partial charge is 0.240 e. The summed E-state index contributed by atoms with van der Waals surface area (Å²) in [6.07, 6.45) is 1.45. The van der Waals surface area contributed by atoms with Gasteiger partial charge in [-0.25, -0.2) is 13.1 Å². The highest BCUT2D eigenvalue weighted by atomic mass is 32.2. The third-order valence-corrected chi connectivity index (χ3v) is 4.97. The fourth-order valence-corrected chi connectivity index (χ4v) is 3.19. The van der Waals surface area contributed by atoms with E-state index in [0.29, 0.717) is 17.9 Å². The fourth-order valence-electron chi connectivity index (χ4n) is 2.16. The zero-order valence-corrected chi connectivity index (χ0v) is 13.3. The molecular weight excluding hydrogens is 288 g/mol. The molecule has 0 aliphatic heterocycles. The lowest BCUT2D eigenvalue weighted by Gasteiger charge is -2.07. The molecule has 1 heterocycles. The summed E-state index contributed by atoms with van der Waals surface area (Å²) >= 11 is 0. The van der Waals surface area contributed by atoms with E-state index in [4.69, 9.17) is 4.52 Å². The van der Waals surface area contributed by atoms with E-state index in [-0.39, 0.29) is 0 Å². The first-order valence-corrected chi connectivity index (χ1v) is 8.42. The topological polar surface area (TPSA) is 72.2 Å². The van der Waals surface area contributed by atoms with Crippen LogP contribution in [0.15, 0.2) is 33.7 Å². The van der Waals surface area contributed by atoms with Crippen molar-refractivity contribution < 1.29 is 12.9 Å². The van der Waals surface area contributed by atoms with Crippen molar-refractivity contribution in [3.05, 3.63) is 46.8 Å². The highest BCUT2D eigenvalue weighted by Crippen LogP contribution is 2.14. The Balaban J connectivity index is 2.01. The van der Waals surface area contributed by atoms with Crippen LogP contribution in [-0.2, 0) is 22.9 Å². The van der Waals surface area contributed by atoms with Gasteiger partial charge >= 0.3 is 0 Å². The molecule has 2 rings (SSSR count). The Morgan fingerprint density at radius 2 is 1.86 bits per heavy atom. The van der Waals surface area contributed by atoms with Gasteiger partial charge in [0.1, 0.15) is 5.76 Å². The molecule has 0 saturated heterocycles. The predicted octanol–water partition coefficient (Wildman–Crippen LogP) is 2.37. The summed E-state index contributed by atoms with van der Waals surface area (Å²) in [5.41, 5.74) is 2.88. The zero-order valence-electron chi connectivity index (χ0n) is 12.5. The van der Waals surface area contributed by atoms with Crippen LogP contribution in [0.25, 0.3) is 0 Å². The summed E-state index contributed by atoms with van der Waals surface area (Å²) < 4.78 is 32.0. The van der Waals surface area contributed by atoms with Crippen molar-refractivity contribution in [2.75, 3.05) is 6.54 Å². The molecule has 0 saturated carbocycles. The Morgan fingerprint density at radius 1 is 1.19 bits per heavy atom. The lowest BCUT2D eigenvalue weighted by molar-refractivity contribution is 0.392. The van der Waals surface area contributed by atoms with Crippen molar-refractivity contribution in [2.45, 2.75) is 38.5 Å². The van der Waals surface area contributed by atoms with E-state index in [1.165, 1.54) is 0 Å². The second kappa shape index (κ2) is 6.41. The molecule has 114 valence electrons. The Hall–Kier alpha value is -1.66. The van der Waals surface area contributed by atoms with E-state index in [1.807, 2.05) is 32.9 Å². The molecule has 0 fully saturated rings. The van der Waals surface area contributed by atoms with Crippen molar-refractivity contribution in [1.82, 2.24) is 9.88 Å². The first kappa shape index (κ1) is 15.7. The second-order valence-electron chi connectivity index (χ2n) is 4.95. The van der Waals surface area contributed by atoms with Crippen LogP contribution < -0.4 is 4.72 Å². The van der Waals surface area contributed by atoms with Gasteiger partial charge in [0.25, 0.3) is 0 Å². The molecule has 0 spiro atoms. The highest BCUT2D eigenvalue weighted by molar-refractivity contribution is 7.89. The van der Waals surface area contributed by atoms with Gasteiger partial charge in [-0.05, 0) is 44.4 Å². The van der Waals surface area contributed by atoms with Crippen molar-refractivity contribution in [3.63, 3.8) is 0 Å². The summed E-state index contributed by atoms with van der Waals surface area (Å²) in [4.78, 5) is 0.290. The van der Waals surface area contributed by atoms with Crippen LogP contribution in [-0.4, -0.2) is 20.1 Å². The van der Waals surface area contributed by atoms with Crippen molar-refractivity contribution in [1.29, 1.82) is 0 Å². The van der Waals surface area contributed by atoms with Gasteiger partial charge in [0.15, 0.2) is 0 Å². The number of hydrogen-bond acceptors (Lipinski definition) is 4. The Morgan fingerprint density at radius 3 is 2.38 bits per heavy atom. The van der Waals surface area contributed by atoms with Crippen LogP contribution in [0, 0.1) is 13.8 Å². The number of aromatic nitrogens is 1. The van der Waals surface area contributed by atoms with E-state index < -0.39 is 10.0 Å². The maximum atomic E-state index is 12.2. The van der Waals surface area contributed by atoms with E-state index in [9.17, 15) is 8.42 Å². The molecule has 0 aliphatic rings. The van der Waals surface area contributed by atoms with Crippen LogP contribution in [0.1, 0.15) is 29.5 Å². The summed E-state index contributed by atoms with van der Waals surface area (Å²) in [5.74, 6) is 0.735. The third-order valence-electron chi connectivity index (χ3n) is 3.49. The minimum absolute atomic E-state index is 0.290. The van der Waals surface area contributed by atoms with E-state index in [2.05, 4.69) is 9.88 Å². The van der Waals surface area contributed by atoms with Gasteiger partial charge < -0.3 is 4.52 Å². The fraction of sp³-hybridized carbons (Fsp3) is 0.400. The Bertz CT molecular complexity index is 684. The average Bonchev–Trinajstić information content (AvgIpc) is 2.79. The minimum Gasteiger partial charge on any atom is -0.361 e. The molecule has 21 heavy (non-hydrogen) atoms. The normalized spacial score (nSPS) is 11.8. The number of aryl methyl sites for hydroxylation is 3. The summed E-state index contributed by atoms with van der Waals surface area (Å²) in [6, 6.07) is 6.94. The average molecular weight is 308 g/mol. The number of hydrogen-bond donors (Lipinski definition) is 1. The van der Waals surface area contributed by atoms with E-state index in [0.717, 1.165) is 29.0 Å². The number of nitrogens with one attached hydrogen (secondary N) is 1. The largest absolute Gasteiger partial charge is 0.361 e. The van der Waals surface area contributed by atoms with Gasteiger partial charge in [0, 0.05) is 12.1 Å². The Labute approximate surface area is 125 Å². The summed E-state index contributed by atoms with van der Waals surface area (Å²) in [6.45, 7) is 6.03. The maximum Gasteiger partial charge on any atom is 0.240 e. The first-order chi connectivity index (χ1) is 9.94. The molecule has 6 heteroatoms. The van der Waals surface area contributed by atoms with Crippen molar-refractivity contribution in [2.24, 2.45) is 0 Å². The molecule has 2 aromatic rings. The number of nitrogens with zero attached hydrogens (tertiary/aromatic N) is 1. The quantitative estimate of drug-likeness (QED) is 0.889.